The second kappa shape index (κ2) is 9.60. The van der Waals surface area contributed by atoms with E-state index in [1.54, 1.807) is 6.92 Å². The van der Waals surface area contributed by atoms with Crippen molar-refractivity contribution in [1.29, 1.82) is 0 Å². The molecule has 0 fully saturated rings. The fourth-order valence-corrected chi connectivity index (χ4v) is 4.91. The number of pyridine rings is 1. The molecule has 1 N–H and O–H groups in total. The first kappa shape index (κ1) is 26.5. The number of amides is 1. The van der Waals surface area contributed by atoms with Crippen molar-refractivity contribution in [3.8, 4) is 11.5 Å². The van der Waals surface area contributed by atoms with Crippen LogP contribution in [0.4, 0.5) is 22.0 Å². The highest BCUT2D eigenvalue weighted by molar-refractivity contribution is 7.89. The lowest BCUT2D eigenvalue weighted by molar-refractivity contribution is -0.0496. The number of hydrogen-bond donors (Lipinski definition) is 1. The van der Waals surface area contributed by atoms with Gasteiger partial charge in [-0.1, -0.05) is 6.92 Å². The monoisotopic (exact) mass is 571 g/mol. The maximum absolute atomic E-state index is 14.9. The van der Waals surface area contributed by atoms with Gasteiger partial charge in [0.1, 0.15) is 17.2 Å². The summed E-state index contributed by atoms with van der Waals surface area (Å²) in [6.45, 7) is 0.219. The molecule has 1 amide bonds. The number of sulfonamides is 1. The van der Waals surface area contributed by atoms with Crippen molar-refractivity contribution in [1.82, 2.24) is 43.7 Å². The highest BCUT2D eigenvalue weighted by atomic mass is 32.2. The number of rotatable bonds is 6. The Balaban J connectivity index is 1.32. The summed E-state index contributed by atoms with van der Waals surface area (Å²) in [5.41, 5.74) is -5.05. The molecule has 0 saturated heterocycles. The molecule has 4 aromatic heterocycles. The molecule has 206 valence electrons. The number of carbonyl (C=O) groups is 1. The van der Waals surface area contributed by atoms with Gasteiger partial charge < -0.3 is 5.32 Å². The van der Waals surface area contributed by atoms with Crippen molar-refractivity contribution >= 4 is 21.7 Å². The molecule has 0 aliphatic carbocycles. The Morgan fingerprint density at radius 1 is 1.13 bits per heavy atom. The summed E-state index contributed by atoms with van der Waals surface area (Å²) in [5, 5.41) is 6.64. The number of imidazole rings is 1. The van der Waals surface area contributed by atoms with E-state index in [1.165, 1.54) is 15.3 Å². The molecule has 1 aliphatic rings. The molecule has 0 bridgehead atoms. The zero-order chi connectivity index (χ0) is 28.1. The number of alkyl halides is 3. The molecular formula is C21H18F5N9O3S. The Kier molecular flexibility index (Phi) is 6.53. The van der Waals surface area contributed by atoms with Crippen LogP contribution in [-0.2, 0) is 36.1 Å². The number of nitrogens with one attached hydrogen (secondary N) is 1. The summed E-state index contributed by atoms with van der Waals surface area (Å²) in [7, 11) is -5.56. The SMILES string of the molecule is CCc1nc2ncc(F)cn2c1C(=O)NCc1cnc(-c2nc3n(n2)CCN(S(=O)(=O)C(F)(F)F)C3)c(F)c1. The molecule has 0 radical (unpaired) electrons. The third-order valence-corrected chi connectivity index (χ3v) is 7.47. The van der Waals surface area contributed by atoms with E-state index in [2.05, 4.69) is 30.4 Å². The smallest absolute Gasteiger partial charge is 0.347 e. The van der Waals surface area contributed by atoms with E-state index in [4.69, 9.17) is 0 Å². The van der Waals surface area contributed by atoms with Crippen LogP contribution in [0.5, 0.6) is 0 Å². The molecular weight excluding hydrogens is 553 g/mol. The number of aryl methyl sites for hydroxylation is 1. The maximum atomic E-state index is 14.9. The maximum Gasteiger partial charge on any atom is 0.511 e. The van der Waals surface area contributed by atoms with Crippen molar-refractivity contribution in [2.75, 3.05) is 6.54 Å². The molecule has 12 nitrogen and oxygen atoms in total. The first-order valence-corrected chi connectivity index (χ1v) is 12.8. The second-order valence-corrected chi connectivity index (χ2v) is 10.3. The number of fused-ring (bicyclic) bond motifs is 2. The van der Waals surface area contributed by atoms with Crippen LogP contribution in [0.15, 0.2) is 24.7 Å². The fraction of sp³-hybridized carbons (Fsp3) is 0.333. The molecule has 4 aromatic rings. The lowest BCUT2D eigenvalue weighted by Gasteiger charge is -2.26. The van der Waals surface area contributed by atoms with Crippen LogP contribution >= 0.6 is 0 Å². The van der Waals surface area contributed by atoms with Gasteiger partial charge in [0, 0.05) is 19.3 Å². The standard InChI is InChI=1S/C21H18F5N9O3S/c1-2-14-17(34-9-12(22)8-29-20(34)30-14)19(36)28-7-11-5-13(23)16(27-6-11)18-31-15-10-33(3-4-35(15)32-18)39(37,38)21(24,25)26/h5-6,8-9H,2-4,7,10H2,1H3,(H,28,36). The van der Waals surface area contributed by atoms with Gasteiger partial charge in [0.25, 0.3) is 5.91 Å². The van der Waals surface area contributed by atoms with E-state index in [-0.39, 0.29) is 51.8 Å². The summed E-state index contributed by atoms with van der Waals surface area (Å²) >= 11 is 0. The van der Waals surface area contributed by atoms with Gasteiger partial charge in [0.05, 0.1) is 31.2 Å². The predicted molar refractivity (Wildman–Crippen MR) is 122 cm³/mol. The summed E-state index contributed by atoms with van der Waals surface area (Å²) in [5.74, 6) is -2.34. The molecule has 5 rings (SSSR count). The van der Waals surface area contributed by atoms with Crippen molar-refractivity contribution in [2.24, 2.45) is 0 Å². The summed E-state index contributed by atoms with van der Waals surface area (Å²) in [6.07, 6.45) is 3.68. The topological polar surface area (TPSA) is 140 Å². The van der Waals surface area contributed by atoms with Gasteiger partial charge in [0.2, 0.25) is 11.6 Å². The number of nitrogens with zero attached hydrogens (tertiary/aromatic N) is 8. The predicted octanol–water partition coefficient (Wildman–Crippen LogP) is 1.82. The minimum Gasteiger partial charge on any atom is -0.347 e. The lowest BCUT2D eigenvalue weighted by Crippen LogP contribution is -2.44. The number of aromatic nitrogens is 7. The van der Waals surface area contributed by atoms with Gasteiger partial charge in [-0.15, -0.1) is 5.10 Å². The van der Waals surface area contributed by atoms with Gasteiger partial charge >= 0.3 is 15.5 Å². The Hall–Kier alpha value is -4.06. The van der Waals surface area contributed by atoms with E-state index in [0.29, 0.717) is 12.1 Å². The summed E-state index contributed by atoms with van der Waals surface area (Å²) in [6, 6.07) is 1.07. The summed E-state index contributed by atoms with van der Waals surface area (Å²) in [4.78, 5) is 28.9. The average Bonchev–Trinajstić information content (AvgIpc) is 3.47. The Labute approximate surface area is 216 Å². The van der Waals surface area contributed by atoms with E-state index >= 15 is 0 Å². The van der Waals surface area contributed by atoms with Crippen molar-refractivity contribution in [3.05, 3.63) is 59.1 Å². The number of hydrogen-bond acceptors (Lipinski definition) is 8. The van der Waals surface area contributed by atoms with Crippen molar-refractivity contribution in [3.63, 3.8) is 0 Å². The first-order chi connectivity index (χ1) is 18.4. The van der Waals surface area contributed by atoms with Gasteiger partial charge in [0.15, 0.2) is 11.6 Å². The van der Waals surface area contributed by atoms with Crippen LogP contribution in [-0.4, -0.2) is 64.8 Å². The van der Waals surface area contributed by atoms with E-state index < -0.39 is 46.2 Å². The third-order valence-electron chi connectivity index (χ3n) is 5.89. The van der Waals surface area contributed by atoms with Gasteiger partial charge in [-0.2, -0.15) is 17.5 Å². The first-order valence-electron chi connectivity index (χ1n) is 11.3. The zero-order valence-electron chi connectivity index (χ0n) is 19.9. The van der Waals surface area contributed by atoms with Crippen LogP contribution in [0.2, 0.25) is 0 Å². The normalized spacial score (nSPS) is 14.5. The Morgan fingerprint density at radius 2 is 1.90 bits per heavy atom. The summed E-state index contributed by atoms with van der Waals surface area (Å²) < 4.78 is 93.3. The molecule has 0 aromatic carbocycles. The van der Waals surface area contributed by atoms with Crippen LogP contribution in [0.3, 0.4) is 0 Å². The van der Waals surface area contributed by atoms with E-state index in [9.17, 15) is 35.2 Å². The highest BCUT2D eigenvalue weighted by Crippen LogP contribution is 2.30. The molecule has 0 unspecified atom stereocenters. The largest absolute Gasteiger partial charge is 0.511 e. The Bertz CT molecular complexity index is 1700. The van der Waals surface area contributed by atoms with E-state index in [0.717, 1.165) is 18.5 Å². The second-order valence-electron chi connectivity index (χ2n) is 8.42. The quantitative estimate of drug-likeness (QED) is 0.346. The van der Waals surface area contributed by atoms with Gasteiger partial charge in [-0.05, 0) is 18.1 Å². The van der Waals surface area contributed by atoms with Crippen LogP contribution in [0.25, 0.3) is 17.3 Å². The molecule has 0 saturated carbocycles. The zero-order valence-corrected chi connectivity index (χ0v) is 20.8. The molecule has 39 heavy (non-hydrogen) atoms. The van der Waals surface area contributed by atoms with Crippen molar-refractivity contribution in [2.45, 2.75) is 38.5 Å². The fourth-order valence-electron chi connectivity index (χ4n) is 4.01. The van der Waals surface area contributed by atoms with E-state index in [1.807, 2.05) is 0 Å². The van der Waals surface area contributed by atoms with Gasteiger partial charge in [-0.25, -0.2) is 41.8 Å². The minimum absolute atomic E-state index is 0.0823. The molecule has 18 heteroatoms. The number of carbonyl (C=O) groups excluding carboxylic acids is 1. The van der Waals surface area contributed by atoms with Crippen LogP contribution in [0, 0.1) is 11.6 Å². The lowest BCUT2D eigenvalue weighted by atomic mass is 10.2. The molecule has 5 heterocycles. The molecule has 0 spiro atoms. The minimum atomic E-state index is -5.56. The molecule has 0 atom stereocenters. The van der Waals surface area contributed by atoms with Gasteiger partial charge in [-0.3, -0.25) is 9.20 Å². The third kappa shape index (κ3) is 4.80. The van der Waals surface area contributed by atoms with Crippen LogP contribution in [0.1, 0.15) is 34.5 Å². The van der Waals surface area contributed by atoms with Crippen molar-refractivity contribution < 1.29 is 35.2 Å². The number of halogens is 5. The van der Waals surface area contributed by atoms with Crippen LogP contribution < -0.4 is 5.32 Å². The molecule has 1 aliphatic heterocycles. The average molecular weight is 571 g/mol. The highest BCUT2D eigenvalue weighted by Gasteiger charge is 2.50. The Morgan fingerprint density at radius 3 is 2.59 bits per heavy atom.